The summed E-state index contributed by atoms with van der Waals surface area (Å²) >= 11 is 0. The molecule has 0 unspecified atom stereocenters. The largest absolute Gasteiger partial charge is 0.496 e. The summed E-state index contributed by atoms with van der Waals surface area (Å²) in [5, 5.41) is 11.0. The van der Waals surface area contributed by atoms with Gasteiger partial charge in [0.1, 0.15) is 23.4 Å². The van der Waals surface area contributed by atoms with Crippen LogP contribution in [0.1, 0.15) is 17.2 Å². The summed E-state index contributed by atoms with van der Waals surface area (Å²) in [6.07, 6.45) is -0.982. The third-order valence-electron chi connectivity index (χ3n) is 5.55. The van der Waals surface area contributed by atoms with Crippen molar-refractivity contribution < 1.29 is 28.8 Å². The number of ether oxygens (including phenoxy) is 5. The van der Waals surface area contributed by atoms with Gasteiger partial charge in [0, 0.05) is 18.1 Å². The van der Waals surface area contributed by atoms with Crippen LogP contribution in [0, 0.1) is 0 Å². The molecule has 0 spiro atoms. The van der Waals surface area contributed by atoms with E-state index in [0.29, 0.717) is 35.2 Å². The average molecular weight is 422 g/mol. The molecular formula is C25H26O6. The molecule has 0 aliphatic carbocycles. The lowest BCUT2D eigenvalue weighted by atomic mass is 9.90. The molecule has 4 rings (SSSR count). The van der Waals surface area contributed by atoms with Crippen LogP contribution in [0.4, 0.5) is 0 Å². The van der Waals surface area contributed by atoms with Crippen LogP contribution in [0.5, 0.6) is 28.7 Å². The third kappa shape index (κ3) is 3.75. The summed E-state index contributed by atoms with van der Waals surface area (Å²) < 4.78 is 28.5. The normalized spacial score (nSPS) is 17.3. The van der Waals surface area contributed by atoms with Gasteiger partial charge in [0.15, 0.2) is 11.5 Å². The van der Waals surface area contributed by atoms with E-state index in [0.717, 1.165) is 22.3 Å². The lowest BCUT2D eigenvalue weighted by Gasteiger charge is -2.34. The maximum absolute atomic E-state index is 11.0. The fourth-order valence-electron chi connectivity index (χ4n) is 4.04. The molecule has 3 aromatic carbocycles. The van der Waals surface area contributed by atoms with E-state index in [-0.39, 0.29) is 0 Å². The van der Waals surface area contributed by atoms with Crippen LogP contribution in [-0.4, -0.2) is 39.6 Å². The molecule has 3 aromatic rings. The molecule has 6 heteroatoms. The third-order valence-corrected chi connectivity index (χ3v) is 5.55. The fourth-order valence-corrected chi connectivity index (χ4v) is 4.04. The molecule has 1 aliphatic rings. The molecular weight excluding hydrogens is 396 g/mol. The quantitative estimate of drug-likeness (QED) is 0.634. The topological polar surface area (TPSA) is 66.4 Å². The molecule has 0 saturated heterocycles. The predicted octanol–water partition coefficient (Wildman–Crippen LogP) is 4.43. The van der Waals surface area contributed by atoms with Gasteiger partial charge in [-0.2, -0.15) is 0 Å². The number of aliphatic hydroxyl groups is 1. The second-order valence-corrected chi connectivity index (χ2v) is 7.25. The minimum absolute atomic E-state index is 0.376. The Hall–Kier alpha value is -3.38. The Morgan fingerprint density at radius 1 is 0.774 bits per heavy atom. The molecule has 0 fully saturated rings. The van der Waals surface area contributed by atoms with Crippen LogP contribution in [0.2, 0.25) is 0 Å². The van der Waals surface area contributed by atoms with Crippen molar-refractivity contribution in [3.63, 3.8) is 0 Å². The highest BCUT2D eigenvalue weighted by molar-refractivity contribution is 5.81. The van der Waals surface area contributed by atoms with Crippen molar-refractivity contribution in [2.24, 2.45) is 0 Å². The molecule has 6 nitrogen and oxygen atoms in total. The van der Waals surface area contributed by atoms with Gasteiger partial charge in [-0.15, -0.1) is 0 Å². The highest BCUT2D eigenvalue weighted by Gasteiger charge is 2.35. The Balaban J connectivity index is 1.86. The first kappa shape index (κ1) is 20.9. The van der Waals surface area contributed by atoms with Gasteiger partial charge in [0.2, 0.25) is 0 Å². The van der Waals surface area contributed by atoms with E-state index < -0.39 is 12.2 Å². The highest BCUT2D eigenvalue weighted by Crippen LogP contribution is 2.50. The van der Waals surface area contributed by atoms with Crippen LogP contribution >= 0.6 is 0 Å². The van der Waals surface area contributed by atoms with Gasteiger partial charge >= 0.3 is 0 Å². The first-order valence-corrected chi connectivity index (χ1v) is 10.0. The summed E-state index contributed by atoms with van der Waals surface area (Å²) in [7, 11) is 6.39. The molecule has 0 saturated carbocycles. The van der Waals surface area contributed by atoms with E-state index in [2.05, 4.69) is 0 Å². The Labute approximate surface area is 181 Å². The molecule has 31 heavy (non-hydrogen) atoms. The minimum Gasteiger partial charge on any atom is -0.496 e. The monoisotopic (exact) mass is 422 g/mol. The van der Waals surface area contributed by atoms with Crippen molar-refractivity contribution >= 4 is 0 Å². The van der Waals surface area contributed by atoms with Crippen molar-refractivity contribution in [2.75, 3.05) is 28.4 Å². The number of aliphatic hydroxyl groups excluding tert-OH is 1. The summed E-state index contributed by atoms with van der Waals surface area (Å²) in [4.78, 5) is 0. The van der Waals surface area contributed by atoms with Crippen LogP contribution < -0.4 is 23.7 Å². The lowest BCUT2D eigenvalue weighted by molar-refractivity contribution is 0.0201. The van der Waals surface area contributed by atoms with Crippen LogP contribution in [0.3, 0.4) is 0 Å². The second-order valence-electron chi connectivity index (χ2n) is 7.25. The Morgan fingerprint density at radius 2 is 1.45 bits per heavy atom. The maximum atomic E-state index is 11.0. The van der Waals surface area contributed by atoms with E-state index in [9.17, 15) is 5.11 Å². The smallest absolute Gasteiger partial charge is 0.161 e. The van der Waals surface area contributed by atoms with E-state index in [4.69, 9.17) is 23.7 Å². The van der Waals surface area contributed by atoms with Crippen molar-refractivity contribution in [1.82, 2.24) is 0 Å². The van der Waals surface area contributed by atoms with Gasteiger partial charge in [-0.05, 0) is 23.3 Å². The molecule has 0 bridgehead atoms. The SMILES string of the molecule is COc1ccc([C@H]2Oc3c(c(OC)cc(OC)c3-c3ccccc3)C[C@@H]2O)cc1OC. The summed E-state index contributed by atoms with van der Waals surface area (Å²) in [6, 6.07) is 17.3. The van der Waals surface area contributed by atoms with Crippen LogP contribution in [-0.2, 0) is 6.42 Å². The summed E-state index contributed by atoms with van der Waals surface area (Å²) in [5.74, 6) is 3.10. The van der Waals surface area contributed by atoms with Crippen LogP contribution in [0.15, 0.2) is 54.6 Å². The lowest BCUT2D eigenvalue weighted by Crippen LogP contribution is -2.31. The van der Waals surface area contributed by atoms with Gasteiger partial charge in [-0.3, -0.25) is 0 Å². The van der Waals surface area contributed by atoms with Gasteiger partial charge in [-0.25, -0.2) is 0 Å². The van der Waals surface area contributed by atoms with E-state index >= 15 is 0 Å². The molecule has 0 radical (unpaired) electrons. The van der Waals surface area contributed by atoms with Gasteiger partial charge in [0.05, 0.1) is 40.1 Å². The molecule has 0 amide bonds. The molecule has 162 valence electrons. The highest BCUT2D eigenvalue weighted by atomic mass is 16.5. The van der Waals surface area contributed by atoms with Crippen molar-refractivity contribution in [2.45, 2.75) is 18.6 Å². The number of hydrogen-bond acceptors (Lipinski definition) is 6. The standard InChI is InChI=1S/C25H26O6/c1-27-19-11-10-16(12-21(19)29-3)24-18(26)13-17-20(28-2)14-22(30-4)23(25(17)31-24)15-8-6-5-7-9-15/h5-12,14,18,24,26H,13H2,1-4H3/t18-,24+/m0/s1. The second kappa shape index (κ2) is 8.78. The predicted molar refractivity (Wildman–Crippen MR) is 118 cm³/mol. The summed E-state index contributed by atoms with van der Waals surface area (Å²) in [5.41, 5.74) is 3.39. The van der Waals surface area contributed by atoms with Crippen LogP contribution in [0.25, 0.3) is 11.1 Å². The van der Waals surface area contributed by atoms with E-state index in [1.807, 2.05) is 54.6 Å². The molecule has 2 atom stereocenters. The fraction of sp³-hybridized carbons (Fsp3) is 0.280. The number of hydrogen-bond donors (Lipinski definition) is 1. The summed E-state index contributed by atoms with van der Waals surface area (Å²) in [6.45, 7) is 0. The first-order valence-electron chi connectivity index (χ1n) is 10.0. The Kier molecular flexibility index (Phi) is 5.91. The first-order chi connectivity index (χ1) is 15.1. The Morgan fingerprint density at radius 3 is 2.10 bits per heavy atom. The van der Waals surface area contributed by atoms with Gasteiger partial charge < -0.3 is 28.8 Å². The number of rotatable bonds is 6. The Bertz CT molecular complexity index is 1060. The molecule has 1 heterocycles. The number of fused-ring (bicyclic) bond motifs is 1. The number of benzene rings is 3. The molecule has 0 aromatic heterocycles. The van der Waals surface area contributed by atoms with Crippen molar-refractivity contribution in [1.29, 1.82) is 0 Å². The zero-order valence-electron chi connectivity index (χ0n) is 18.0. The zero-order chi connectivity index (χ0) is 22.0. The van der Waals surface area contributed by atoms with Gasteiger partial charge in [0.25, 0.3) is 0 Å². The van der Waals surface area contributed by atoms with E-state index in [1.165, 1.54) is 0 Å². The maximum Gasteiger partial charge on any atom is 0.161 e. The van der Waals surface area contributed by atoms with E-state index in [1.54, 1.807) is 28.4 Å². The van der Waals surface area contributed by atoms with Gasteiger partial charge in [-0.1, -0.05) is 36.4 Å². The molecule has 1 N–H and O–H groups in total. The van der Waals surface area contributed by atoms with Crippen molar-refractivity contribution in [3.8, 4) is 39.9 Å². The molecule has 1 aliphatic heterocycles. The zero-order valence-corrected chi connectivity index (χ0v) is 18.0. The minimum atomic E-state index is -0.767. The number of methoxy groups -OCH3 is 4. The average Bonchev–Trinajstić information content (AvgIpc) is 2.82. The van der Waals surface area contributed by atoms with Crippen molar-refractivity contribution in [3.05, 3.63) is 65.7 Å².